The zero-order chi connectivity index (χ0) is 23.6. The van der Waals surface area contributed by atoms with Gasteiger partial charge in [-0.3, -0.25) is 8.75 Å². The van der Waals surface area contributed by atoms with Crippen LogP contribution in [-0.4, -0.2) is 73.9 Å². The summed E-state index contributed by atoms with van der Waals surface area (Å²) in [4.78, 5) is 12.8. The van der Waals surface area contributed by atoms with E-state index < -0.39 is 35.3 Å². The van der Waals surface area contributed by atoms with E-state index in [0.717, 1.165) is 11.3 Å². The van der Waals surface area contributed by atoms with Crippen molar-refractivity contribution in [2.75, 3.05) is 13.7 Å². The molecule has 174 valence electrons. The minimum absolute atomic E-state index is 0.248. The molecule has 0 spiro atoms. The molecule has 3 aromatic heterocycles. The van der Waals surface area contributed by atoms with E-state index in [1.54, 1.807) is 10.9 Å². The van der Waals surface area contributed by atoms with Gasteiger partial charge in [0.1, 0.15) is 29.7 Å². The molecule has 0 unspecified atom stereocenters. The Bertz CT molecular complexity index is 1340. The number of hydrogen-bond acceptors (Lipinski definition) is 10. The molecule has 33 heavy (non-hydrogen) atoms. The average Bonchev–Trinajstić information content (AvgIpc) is 3.48. The van der Waals surface area contributed by atoms with Gasteiger partial charge in [0, 0.05) is 25.1 Å². The van der Waals surface area contributed by atoms with Crippen LogP contribution in [0.25, 0.3) is 28.1 Å². The van der Waals surface area contributed by atoms with E-state index in [1.165, 1.54) is 24.3 Å². The molecule has 0 amide bonds. The van der Waals surface area contributed by atoms with Gasteiger partial charge >= 0.3 is 10.3 Å². The van der Waals surface area contributed by atoms with Crippen LogP contribution in [0.3, 0.4) is 0 Å². The van der Waals surface area contributed by atoms with E-state index in [1.807, 2.05) is 36.5 Å². The van der Waals surface area contributed by atoms with Gasteiger partial charge in [-0.25, -0.2) is 24.8 Å². The maximum atomic E-state index is 11.0. The normalized spacial score (nSPS) is 14.9. The largest absolute Gasteiger partial charge is 0.386 e. The molecule has 0 aliphatic rings. The number of aliphatic hydroxyl groups excluding tert-OH is 2. The summed E-state index contributed by atoms with van der Waals surface area (Å²) in [6, 6.07) is 9.28. The summed E-state index contributed by atoms with van der Waals surface area (Å²) in [6.07, 6.45) is 1.72. The second-order valence-electron chi connectivity index (χ2n) is 7.00. The number of nitrogens with two attached hydrogens (primary N) is 1. The highest BCUT2D eigenvalue weighted by Gasteiger charge is 2.30. The molecule has 14 heteroatoms. The third-order valence-corrected chi connectivity index (χ3v) is 5.38. The van der Waals surface area contributed by atoms with Gasteiger partial charge < -0.3 is 14.9 Å². The Labute approximate surface area is 188 Å². The lowest BCUT2D eigenvalue weighted by atomic mass is 10.1. The van der Waals surface area contributed by atoms with Crippen LogP contribution in [0.4, 0.5) is 0 Å². The predicted molar refractivity (Wildman–Crippen MR) is 115 cm³/mol. The van der Waals surface area contributed by atoms with Crippen molar-refractivity contribution in [3.8, 4) is 16.9 Å². The summed E-state index contributed by atoms with van der Waals surface area (Å²) < 4.78 is 34.5. The van der Waals surface area contributed by atoms with Crippen molar-refractivity contribution in [2.24, 2.45) is 5.14 Å². The van der Waals surface area contributed by atoms with E-state index >= 15 is 0 Å². The molecule has 1 aromatic carbocycles. The molecule has 3 atom stereocenters. The van der Waals surface area contributed by atoms with E-state index in [4.69, 9.17) is 9.88 Å². The molecular formula is C19H21N7O6S. The van der Waals surface area contributed by atoms with Crippen molar-refractivity contribution in [1.82, 2.24) is 29.3 Å². The number of nitrogens with zero attached hydrogens (tertiary/aromatic N) is 6. The first-order chi connectivity index (χ1) is 15.8. The number of aromatic nitrogens is 6. The van der Waals surface area contributed by atoms with Crippen LogP contribution in [0, 0.1) is 0 Å². The zero-order valence-electron chi connectivity index (χ0n) is 17.3. The van der Waals surface area contributed by atoms with Gasteiger partial charge in [-0.15, -0.1) is 0 Å². The summed E-state index contributed by atoms with van der Waals surface area (Å²) in [7, 11) is -3.02. The summed E-state index contributed by atoms with van der Waals surface area (Å²) in [5.74, 6) is 0. The number of methoxy groups -OCH3 is 1. The van der Waals surface area contributed by atoms with Crippen LogP contribution >= 0.6 is 0 Å². The molecule has 13 nitrogen and oxygen atoms in total. The van der Waals surface area contributed by atoms with Gasteiger partial charge in [0.05, 0.1) is 18.6 Å². The summed E-state index contributed by atoms with van der Waals surface area (Å²) in [5, 5.41) is 30.3. The standard InChI is InChI=1S/C19H21N7O6S/c1-31-14(9-32-33(20,29)30)17(27)19(28)25-11-23-16-15(21-10-22-18(16)25)12-4-2-5-13(8-12)26-7-3-6-24-26/h2-8,10-11,14,17,19,27-28H,9H2,1H3,(H2,20,29,30)/t14-,17-,19-/m1/s1. The molecular weight excluding hydrogens is 454 g/mol. The highest BCUT2D eigenvalue weighted by atomic mass is 32.2. The second-order valence-corrected chi connectivity index (χ2v) is 8.22. The first-order valence-electron chi connectivity index (χ1n) is 9.62. The molecule has 0 radical (unpaired) electrons. The number of rotatable bonds is 9. The third-order valence-electron chi connectivity index (χ3n) is 4.92. The number of ether oxygens (including phenoxy) is 1. The Hall–Kier alpha value is -3.27. The van der Waals surface area contributed by atoms with Crippen molar-refractivity contribution in [3.05, 3.63) is 55.4 Å². The van der Waals surface area contributed by atoms with Crippen LogP contribution < -0.4 is 5.14 Å². The van der Waals surface area contributed by atoms with Crippen LogP contribution in [-0.2, 0) is 19.2 Å². The van der Waals surface area contributed by atoms with E-state index in [2.05, 4.69) is 24.2 Å². The van der Waals surface area contributed by atoms with Gasteiger partial charge in [0.25, 0.3) is 0 Å². The molecule has 0 aliphatic carbocycles. The van der Waals surface area contributed by atoms with Crippen molar-refractivity contribution < 1.29 is 27.6 Å². The number of hydrogen-bond donors (Lipinski definition) is 3. The maximum Gasteiger partial charge on any atom is 0.333 e. The number of imidazole rings is 1. The van der Waals surface area contributed by atoms with Crippen LogP contribution in [0.15, 0.2) is 55.4 Å². The van der Waals surface area contributed by atoms with Crippen LogP contribution in [0.5, 0.6) is 0 Å². The molecule has 0 fully saturated rings. The monoisotopic (exact) mass is 475 g/mol. The molecule has 0 saturated heterocycles. The average molecular weight is 475 g/mol. The minimum Gasteiger partial charge on any atom is -0.386 e. The lowest BCUT2D eigenvalue weighted by Gasteiger charge is -2.25. The number of benzene rings is 1. The Morgan fingerprint density at radius 1 is 1.18 bits per heavy atom. The van der Waals surface area contributed by atoms with Gasteiger partial charge in [-0.2, -0.15) is 13.5 Å². The van der Waals surface area contributed by atoms with Crippen LogP contribution in [0.2, 0.25) is 0 Å². The summed E-state index contributed by atoms with van der Waals surface area (Å²) in [5.41, 5.74) is 2.70. The Kier molecular flexibility index (Phi) is 6.46. The lowest BCUT2D eigenvalue weighted by molar-refractivity contribution is -0.112. The summed E-state index contributed by atoms with van der Waals surface area (Å²) >= 11 is 0. The third kappa shape index (κ3) is 4.90. The quantitative estimate of drug-likeness (QED) is 0.292. The maximum absolute atomic E-state index is 11.0. The zero-order valence-corrected chi connectivity index (χ0v) is 18.1. The lowest BCUT2D eigenvalue weighted by Crippen LogP contribution is -2.40. The fourth-order valence-electron chi connectivity index (χ4n) is 3.30. The molecule has 4 N–H and O–H groups in total. The SMILES string of the molecule is CO[C@H](COS(N)(=O)=O)[C@@H](O)[C@@H](O)n1cnc2c(-c3cccc(-n4cccn4)c3)ncnc21. The fourth-order valence-corrected chi connectivity index (χ4v) is 3.62. The molecule has 0 bridgehead atoms. The van der Waals surface area contributed by atoms with Gasteiger partial charge in [-0.05, 0) is 18.2 Å². The van der Waals surface area contributed by atoms with Gasteiger partial charge in [0.15, 0.2) is 11.9 Å². The fraction of sp³-hybridized carbons (Fsp3) is 0.263. The Morgan fingerprint density at radius 2 is 2.00 bits per heavy atom. The topological polar surface area (TPSA) is 180 Å². The van der Waals surface area contributed by atoms with Crippen LogP contribution in [0.1, 0.15) is 6.23 Å². The minimum atomic E-state index is -4.25. The van der Waals surface area contributed by atoms with Gasteiger partial charge in [0.2, 0.25) is 0 Å². The molecule has 4 aromatic rings. The van der Waals surface area contributed by atoms with E-state index in [0.29, 0.717) is 11.2 Å². The highest BCUT2D eigenvalue weighted by molar-refractivity contribution is 7.84. The molecule has 4 rings (SSSR count). The van der Waals surface area contributed by atoms with Crippen molar-refractivity contribution in [3.63, 3.8) is 0 Å². The highest BCUT2D eigenvalue weighted by Crippen LogP contribution is 2.28. The van der Waals surface area contributed by atoms with Crippen molar-refractivity contribution >= 4 is 21.5 Å². The number of aliphatic hydroxyl groups is 2. The summed E-state index contributed by atoms with van der Waals surface area (Å²) in [6.45, 7) is -0.597. The first-order valence-corrected chi connectivity index (χ1v) is 11.1. The van der Waals surface area contributed by atoms with E-state index in [9.17, 15) is 18.6 Å². The predicted octanol–water partition coefficient (Wildman–Crippen LogP) is -0.234. The Balaban J connectivity index is 1.66. The first kappa shape index (κ1) is 22.9. The molecule has 0 saturated carbocycles. The second kappa shape index (κ2) is 9.30. The molecule has 0 aliphatic heterocycles. The van der Waals surface area contributed by atoms with Crippen molar-refractivity contribution in [1.29, 1.82) is 0 Å². The van der Waals surface area contributed by atoms with Gasteiger partial charge in [-0.1, -0.05) is 12.1 Å². The smallest absolute Gasteiger partial charge is 0.333 e. The van der Waals surface area contributed by atoms with E-state index in [-0.39, 0.29) is 5.65 Å². The number of fused-ring (bicyclic) bond motifs is 1. The molecule has 3 heterocycles. The van der Waals surface area contributed by atoms with Crippen molar-refractivity contribution in [2.45, 2.75) is 18.4 Å². The Morgan fingerprint density at radius 3 is 2.70 bits per heavy atom.